The van der Waals surface area contributed by atoms with Crippen LogP contribution in [-0.4, -0.2) is 46.7 Å². The van der Waals surface area contributed by atoms with Crippen molar-refractivity contribution < 1.29 is 14.4 Å². The minimum absolute atomic E-state index is 0.109. The van der Waals surface area contributed by atoms with Gasteiger partial charge in [-0.05, 0) is 31.9 Å². The number of hydrogen-bond donors (Lipinski definition) is 1. The third-order valence-corrected chi connectivity index (χ3v) is 6.41. The topological polar surface area (TPSA) is 66.5 Å². The second-order valence-corrected chi connectivity index (χ2v) is 8.27. The van der Waals surface area contributed by atoms with Gasteiger partial charge >= 0.3 is 0 Å². The molecule has 6 heteroatoms. The Kier molecular flexibility index (Phi) is 5.85. The molecule has 0 aromatic carbocycles. The Morgan fingerprint density at radius 1 is 1.04 bits per heavy atom. The van der Waals surface area contributed by atoms with Crippen LogP contribution in [0.3, 0.4) is 0 Å². The van der Waals surface area contributed by atoms with E-state index in [2.05, 4.69) is 5.32 Å². The number of carbonyl (C=O) groups excluding carboxylic acids is 3. The monoisotopic (exact) mass is 352 g/mol. The molecule has 0 bridgehead atoms. The zero-order valence-corrected chi connectivity index (χ0v) is 15.3. The van der Waals surface area contributed by atoms with E-state index < -0.39 is 6.04 Å². The van der Waals surface area contributed by atoms with Crippen LogP contribution in [0.1, 0.15) is 57.8 Å². The van der Waals surface area contributed by atoms with Crippen LogP contribution in [0.25, 0.3) is 0 Å². The molecule has 3 unspecified atom stereocenters. The van der Waals surface area contributed by atoms with Crippen LogP contribution < -0.4 is 5.32 Å². The number of fused-ring (bicyclic) bond motifs is 1. The predicted octanol–water partition coefficient (Wildman–Crippen LogP) is 2.34. The van der Waals surface area contributed by atoms with Crippen molar-refractivity contribution in [3.05, 3.63) is 0 Å². The smallest absolute Gasteiger partial charge is 0.244 e. The number of rotatable bonds is 5. The molecule has 0 radical (unpaired) electrons. The van der Waals surface area contributed by atoms with Crippen molar-refractivity contribution in [2.45, 2.75) is 69.9 Å². The van der Waals surface area contributed by atoms with Gasteiger partial charge < -0.3 is 5.32 Å². The highest BCUT2D eigenvalue weighted by Crippen LogP contribution is 2.39. The van der Waals surface area contributed by atoms with Crippen LogP contribution >= 0.6 is 11.8 Å². The molecule has 1 aliphatic heterocycles. The summed E-state index contributed by atoms with van der Waals surface area (Å²) in [7, 11) is 0. The first kappa shape index (κ1) is 17.8. The van der Waals surface area contributed by atoms with Crippen LogP contribution in [0.5, 0.6) is 0 Å². The van der Waals surface area contributed by atoms with E-state index in [1.807, 2.05) is 6.26 Å². The first-order valence-electron chi connectivity index (χ1n) is 9.29. The second-order valence-electron chi connectivity index (χ2n) is 7.36. The molecule has 3 amide bonds. The van der Waals surface area contributed by atoms with E-state index in [0.717, 1.165) is 51.4 Å². The SMILES string of the molecule is CSCC(C(=O)NC1CCCCC1)N1C(=O)C2CCCCC2C1=O. The molecule has 3 rings (SSSR count). The summed E-state index contributed by atoms with van der Waals surface area (Å²) in [4.78, 5) is 39.7. The maximum Gasteiger partial charge on any atom is 0.244 e. The molecular weight excluding hydrogens is 324 g/mol. The molecule has 3 aliphatic rings. The normalized spacial score (nSPS) is 29.5. The first-order chi connectivity index (χ1) is 11.6. The van der Waals surface area contributed by atoms with Gasteiger partial charge in [-0.25, -0.2) is 0 Å². The Morgan fingerprint density at radius 2 is 1.58 bits per heavy atom. The average Bonchev–Trinajstić information content (AvgIpc) is 2.85. The zero-order chi connectivity index (χ0) is 17.1. The average molecular weight is 353 g/mol. The van der Waals surface area contributed by atoms with Crippen LogP contribution in [-0.2, 0) is 14.4 Å². The van der Waals surface area contributed by atoms with Crippen LogP contribution in [0, 0.1) is 11.8 Å². The summed E-state index contributed by atoms with van der Waals surface area (Å²) < 4.78 is 0. The summed E-state index contributed by atoms with van der Waals surface area (Å²) in [6, 6.07) is -0.446. The van der Waals surface area contributed by atoms with E-state index in [1.54, 1.807) is 0 Å². The van der Waals surface area contributed by atoms with E-state index in [9.17, 15) is 14.4 Å². The number of carbonyl (C=O) groups is 3. The van der Waals surface area contributed by atoms with Crippen LogP contribution in [0.4, 0.5) is 0 Å². The minimum atomic E-state index is -0.646. The quantitative estimate of drug-likeness (QED) is 0.771. The molecule has 5 nitrogen and oxygen atoms in total. The van der Waals surface area contributed by atoms with E-state index in [1.165, 1.54) is 23.1 Å². The lowest BCUT2D eigenvalue weighted by atomic mass is 9.81. The Morgan fingerprint density at radius 3 is 2.12 bits per heavy atom. The molecule has 0 aromatic rings. The fraction of sp³-hybridized carbons (Fsp3) is 0.833. The second kappa shape index (κ2) is 7.89. The van der Waals surface area contributed by atoms with E-state index in [4.69, 9.17) is 0 Å². The molecule has 0 aromatic heterocycles. The Hall–Kier alpha value is -1.04. The van der Waals surface area contributed by atoms with Gasteiger partial charge in [0.25, 0.3) is 0 Å². The van der Waals surface area contributed by atoms with Crippen molar-refractivity contribution in [3.63, 3.8) is 0 Å². The molecule has 1 N–H and O–H groups in total. The van der Waals surface area contributed by atoms with E-state index in [-0.39, 0.29) is 35.6 Å². The molecule has 3 fully saturated rings. The van der Waals surface area contributed by atoms with Crippen LogP contribution in [0.15, 0.2) is 0 Å². The number of amides is 3. The minimum Gasteiger partial charge on any atom is -0.352 e. The first-order valence-corrected chi connectivity index (χ1v) is 10.7. The molecule has 134 valence electrons. The fourth-order valence-electron chi connectivity index (χ4n) is 4.46. The number of likely N-dealkylation sites (tertiary alicyclic amines) is 1. The maximum absolute atomic E-state index is 12.8. The fourth-order valence-corrected chi connectivity index (χ4v) is 5.08. The number of nitrogens with one attached hydrogen (secondary N) is 1. The molecule has 0 spiro atoms. The van der Waals surface area contributed by atoms with Gasteiger partial charge in [-0.3, -0.25) is 19.3 Å². The number of hydrogen-bond acceptors (Lipinski definition) is 4. The van der Waals surface area contributed by atoms with Crippen molar-refractivity contribution in [2.24, 2.45) is 11.8 Å². The van der Waals surface area contributed by atoms with Gasteiger partial charge in [0.1, 0.15) is 6.04 Å². The Labute approximate surface area is 148 Å². The highest BCUT2D eigenvalue weighted by atomic mass is 32.2. The van der Waals surface area contributed by atoms with Crippen molar-refractivity contribution in [1.82, 2.24) is 10.2 Å². The van der Waals surface area contributed by atoms with Crippen LogP contribution in [0.2, 0.25) is 0 Å². The van der Waals surface area contributed by atoms with Gasteiger partial charge in [0, 0.05) is 11.8 Å². The zero-order valence-electron chi connectivity index (χ0n) is 14.5. The molecule has 2 saturated carbocycles. The third kappa shape index (κ3) is 3.48. The van der Waals surface area contributed by atoms with Crippen molar-refractivity contribution in [3.8, 4) is 0 Å². The Balaban J connectivity index is 1.73. The molecular formula is C18H28N2O3S. The van der Waals surface area contributed by atoms with Gasteiger partial charge in [0.15, 0.2) is 0 Å². The highest BCUT2D eigenvalue weighted by molar-refractivity contribution is 7.98. The number of imide groups is 1. The largest absolute Gasteiger partial charge is 0.352 e. The van der Waals surface area contributed by atoms with Gasteiger partial charge in [-0.15, -0.1) is 0 Å². The molecule has 1 heterocycles. The summed E-state index contributed by atoms with van der Waals surface area (Å²) in [6.45, 7) is 0. The lowest BCUT2D eigenvalue weighted by Gasteiger charge is -2.29. The maximum atomic E-state index is 12.8. The van der Waals surface area contributed by atoms with Crippen molar-refractivity contribution >= 4 is 29.5 Å². The predicted molar refractivity (Wildman–Crippen MR) is 94.5 cm³/mol. The molecule has 1 saturated heterocycles. The summed E-state index contributed by atoms with van der Waals surface area (Å²) in [5.41, 5.74) is 0. The Bertz CT molecular complexity index is 480. The number of nitrogens with zero attached hydrogens (tertiary/aromatic N) is 1. The summed E-state index contributed by atoms with van der Waals surface area (Å²) in [6.07, 6.45) is 11.0. The van der Waals surface area contributed by atoms with Gasteiger partial charge in [-0.2, -0.15) is 11.8 Å². The van der Waals surface area contributed by atoms with Gasteiger partial charge in [0.05, 0.1) is 11.8 Å². The lowest BCUT2D eigenvalue weighted by molar-refractivity contribution is -0.147. The summed E-state index contributed by atoms with van der Waals surface area (Å²) in [5.74, 6) is -0.243. The van der Waals surface area contributed by atoms with Gasteiger partial charge in [0.2, 0.25) is 17.7 Å². The van der Waals surface area contributed by atoms with Crippen molar-refractivity contribution in [1.29, 1.82) is 0 Å². The van der Waals surface area contributed by atoms with E-state index >= 15 is 0 Å². The standard InChI is InChI=1S/C18H28N2O3S/c1-24-11-15(16(21)19-12-7-3-2-4-8-12)20-17(22)13-9-5-6-10-14(13)18(20)23/h12-15H,2-11H2,1H3,(H,19,21). The van der Waals surface area contributed by atoms with Gasteiger partial charge in [-0.1, -0.05) is 32.1 Å². The highest BCUT2D eigenvalue weighted by Gasteiger charge is 2.51. The third-order valence-electron chi connectivity index (χ3n) is 5.77. The number of thioether (sulfide) groups is 1. The molecule has 3 atom stereocenters. The molecule has 2 aliphatic carbocycles. The lowest BCUT2D eigenvalue weighted by Crippen LogP contribution is -2.53. The van der Waals surface area contributed by atoms with E-state index in [0.29, 0.717) is 5.75 Å². The molecule has 24 heavy (non-hydrogen) atoms. The summed E-state index contributed by atoms with van der Waals surface area (Å²) >= 11 is 1.52. The summed E-state index contributed by atoms with van der Waals surface area (Å²) in [5, 5.41) is 3.10. The van der Waals surface area contributed by atoms with Crippen molar-refractivity contribution in [2.75, 3.05) is 12.0 Å².